The highest BCUT2D eigenvalue weighted by Gasteiger charge is 2.19. The summed E-state index contributed by atoms with van der Waals surface area (Å²) in [6.07, 6.45) is 0. The molecule has 1 aromatic rings. The van der Waals surface area contributed by atoms with E-state index in [1.165, 1.54) is 5.56 Å². The molecule has 2 heterocycles. The highest BCUT2D eigenvalue weighted by Crippen LogP contribution is 2.15. The normalized spacial score (nSPS) is 16.8. The Balaban J connectivity index is 0.00000162. The van der Waals surface area contributed by atoms with Gasteiger partial charge < -0.3 is 10.3 Å². The molecule has 7 heteroatoms. The molecule has 2 N–H and O–H groups in total. The van der Waals surface area contributed by atoms with Gasteiger partial charge in [-0.15, -0.1) is 24.8 Å². The molecular formula is C12H24Cl2N4O. The molecule has 0 aliphatic carbocycles. The van der Waals surface area contributed by atoms with Gasteiger partial charge in [-0.05, 0) is 13.8 Å². The van der Waals surface area contributed by atoms with Crippen LogP contribution in [0.5, 0.6) is 0 Å². The van der Waals surface area contributed by atoms with Crippen LogP contribution in [0.1, 0.15) is 17.0 Å². The topological polar surface area (TPSA) is 58.5 Å². The van der Waals surface area contributed by atoms with E-state index in [1.54, 1.807) is 0 Å². The minimum absolute atomic E-state index is 0. The lowest BCUT2D eigenvalue weighted by molar-refractivity contribution is 0.129. The van der Waals surface area contributed by atoms with Gasteiger partial charge >= 0.3 is 0 Å². The second-order valence-electron chi connectivity index (χ2n) is 4.71. The molecule has 0 aromatic carbocycles. The average molecular weight is 311 g/mol. The Morgan fingerprint density at radius 2 is 1.68 bits per heavy atom. The highest BCUT2D eigenvalue weighted by atomic mass is 35.5. The molecular weight excluding hydrogens is 287 g/mol. The molecule has 19 heavy (non-hydrogen) atoms. The number of hydrogen-bond donors (Lipinski definition) is 1. The van der Waals surface area contributed by atoms with Crippen molar-refractivity contribution >= 4 is 24.8 Å². The Morgan fingerprint density at radius 1 is 1.11 bits per heavy atom. The van der Waals surface area contributed by atoms with Gasteiger partial charge in [0.15, 0.2) is 0 Å². The number of hydrogen-bond acceptors (Lipinski definition) is 5. The van der Waals surface area contributed by atoms with Crippen LogP contribution in [0.15, 0.2) is 4.52 Å². The number of nitrogens with two attached hydrogens (primary N) is 1. The van der Waals surface area contributed by atoms with Crippen LogP contribution in [0.2, 0.25) is 0 Å². The van der Waals surface area contributed by atoms with Gasteiger partial charge in [0.2, 0.25) is 0 Å². The van der Waals surface area contributed by atoms with Crippen molar-refractivity contribution in [1.82, 2.24) is 15.0 Å². The molecule has 2 rings (SSSR count). The summed E-state index contributed by atoms with van der Waals surface area (Å²) in [6.45, 7) is 11.1. The maximum absolute atomic E-state index is 5.57. The Morgan fingerprint density at radius 3 is 2.16 bits per heavy atom. The minimum atomic E-state index is 0. The van der Waals surface area contributed by atoms with Crippen LogP contribution < -0.4 is 5.73 Å². The van der Waals surface area contributed by atoms with Crippen molar-refractivity contribution in [2.75, 3.05) is 39.3 Å². The lowest BCUT2D eigenvalue weighted by atomic mass is 10.2. The maximum Gasteiger partial charge on any atom is 0.138 e. The zero-order valence-electron chi connectivity index (χ0n) is 11.6. The Hall–Kier alpha value is -0.330. The number of aryl methyl sites for hydroxylation is 2. The van der Waals surface area contributed by atoms with E-state index >= 15 is 0 Å². The summed E-state index contributed by atoms with van der Waals surface area (Å²) < 4.78 is 5.19. The Bertz CT molecular complexity index is 345. The fourth-order valence-electron chi connectivity index (χ4n) is 2.30. The van der Waals surface area contributed by atoms with E-state index in [9.17, 15) is 0 Å². The van der Waals surface area contributed by atoms with Crippen LogP contribution in [0.4, 0.5) is 0 Å². The fraction of sp³-hybridized carbons (Fsp3) is 0.750. The van der Waals surface area contributed by atoms with Gasteiger partial charge in [0, 0.05) is 51.4 Å². The van der Waals surface area contributed by atoms with Crippen molar-refractivity contribution in [2.45, 2.75) is 20.4 Å². The highest BCUT2D eigenvalue weighted by molar-refractivity contribution is 5.85. The first kappa shape index (κ1) is 18.7. The summed E-state index contributed by atoms with van der Waals surface area (Å²) in [4.78, 5) is 4.88. The number of aromatic nitrogens is 1. The minimum Gasteiger partial charge on any atom is -0.361 e. The summed E-state index contributed by atoms with van der Waals surface area (Å²) in [5.41, 5.74) is 7.84. The lowest BCUT2D eigenvalue weighted by Crippen LogP contribution is -2.47. The van der Waals surface area contributed by atoms with Gasteiger partial charge in [-0.3, -0.25) is 9.80 Å². The van der Waals surface area contributed by atoms with E-state index in [0.29, 0.717) is 0 Å². The van der Waals surface area contributed by atoms with Gasteiger partial charge in [0.05, 0.1) is 5.69 Å². The van der Waals surface area contributed by atoms with Crippen LogP contribution in [-0.4, -0.2) is 54.2 Å². The lowest BCUT2D eigenvalue weighted by Gasteiger charge is -2.34. The summed E-state index contributed by atoms with van der Waals surface area (Å²) in [7, 11) is 0. The van der Waals surface area contributed by atoms with Crippen LogP contribution in [-0.2, 0) is 6.54 Å². The molecule has 0 saturated carbocycles. The zero-order valence-corrected chi connectivity index (χ0v) is 13.2. The molecule has 1 fully saturated rings. The first-order valence-corrected chi connectivity index (χ1v) is 6.27. The van der Waals surface area contributed by atoms with Gasteiger partial charge in [-0.25, -0.2) is 0 Å². The van der Waals surface area contributed by atoms with E-state index in [2.05, 4.69) is 15.0 Å². The van der Waals surface area contributed by atoms with E-state index < -0.39 is 0 Å². The molecule has 1 aromatic heterocycles. The van der Waals surface area contributed by atoms with E-state index in [0.717, 1.165) is 57.3 Å². The second kappa shape index (κ2) is 8.76. The maximum atomic E-state index is 5.57. The van der Waals surface area contributed by atoms with Crippen LogP contribution in [0.3, 0.4) is 0 Å². The molecule has 0 amide bonds. The molecule has 0 radical (unpaired) electrons. The van der Waals surface area contributed by atoms with E-state index in [-0.39, 0.29) is 24.8 Å². The predicted octanol–water partition coefficient (Wildman–Crippen LogP) is 1.21. The quantitative estimate of drug-likeness (QED) is 0.906. The van der Waals surface area contributed by atoms with Crippen molar-refractivity contribution in [3.8, 4) is 0 Å². The molecule has 1 aliphatic heterocycles. The first-order valence-electron chi connectivity index (χ1n) is 6.27. The van der Waals surface area contributed by atoms with Gasteiger partial charge in [-0.1, -0.05) is 5.16 Å². The summed E-state index contributed by atoms with van der Waals surface area (Å²) in [6, 6.07) is 0. The van der Waals surface area contributed by atoms with Crippen molar-refractivity contribution < 1.29 is 4.52 Å². The second-order valence-corrected chi connectivity index (χ2v) is 4.71. The molecule has 1 aliphatic rings. The predicted molar refractivity (Wildman–Crippen MR) is 81.2 cm³/mol. The number of rotatable bonds is 4. The summed E-state index contributed by atoms with van der Waals surface area (Å²) >= 11 is 0. The molecule has 0 atom stereocenters. The van der Waals surface area contributed by atoms with Crippen molar-refractivity contribution in [1.29, 1.82) is 0 Å². The Labute approximate surface area is 127 Å². The average Bonchev–Trinajstić information content (AvgIpc) is 2.64. The van der Waals surface area contributed by atoms with Crippen molar-refractivity contribution in [3.63, 3.8) is 0 Å². The third-order valence-electron chi connectivity index (χ3n) is 3.47. The third-order valence-corrected chi connectivity index (χ3v) is 3.47. The molecule has 1 saturated heterocycles. The smallest absolute Gasteiger partial charge is 0.138 e. The van der Waals surface area contributed by atoms with E-state index in [4.69, 9.17) is 10.3 Å². The zero-order chi connectivity index (χ0) is 12.3. The SMILES string of the molecule is Cc1noc(C)c1CN1CCN(CCN)CC1.Cl.Cl. The van der Waals surface area contributed by atoms with Crippen LogP contribution in [0, 0.1) is 13.8 Å². The monoisotopic (exact) mass is 310 g/mol. The Kier molecular flexibility index (Phi) is 8.61. The van der Waals surface area contributed by atoms with Crippen LogP contribution >= 0.6 is 24.8 Å². The van der Waals surface area contributed by atoms with Crippen molar-refractivity contribution in [2.24, 2.45) is 5.73 Å². The number of halogens is 2. The van der Waals surface area contributed by atoms with Gasteiger partial charge in [0.1, 0.15) is 5.76 Å². The van der Waals surface area contributed by atoms with Crippen LogP contribution in [0.25, 0.3) is 0 Å². The van der Waals surface area contributed by atoms with E-state index in [1.807, 2.05) is 13.8 Å². The molecule has 112 valence electrons. The number of piperazine rings is 1. The molecule has 0 unspecified atom stereocenters. The summed E-state index contributed by atoms with van der Waals surface area (Å²) in [5.74, 6) is 0.951. The third kappa shape index (κ3) is 4.93. The van der Waals surface area contributed by atoms with Crippen molar-refractivity contribution in [3.05, 3.63) is 17.0 Å². The molecule has 5 nitrogen and oxygen atoms in total. The fourth-order valence-corrected chi connectivity index (χ4v) is 2.30. The summed E-state index contributed by atoms with van der Waals surface area (Å²) in [5, 5.41) is 4.00. The largest absolute Gasteiger partial charge is 0.361 e. The number of nitrogens with zero attached hydrogens (tertiary/aromatic N) is 3. The molecule has 0 bridgehead atoms. The van der Waals surface area contributed by atoms with Gasteiger partial charge in [0.25, 0.3) is 0 Å². The first-order chi connectivity index (χ1) is 8.20. The molecule has 0 spiro atoms. The van der Waals surface area contributed by atoms with Gasteiger partial charge in [-0.2, -0.15) is 0 Å². The standard InChI is InChI=1S/C12H22N4O.2ClH/c1-10-12(11(2)17-14-10)9-16-7-5-15(4-3-13)6-8-16;;/h3-9,13H2,1-2H3;2*1H.